The van der Waals surface area contributed by atoms with Gasteiger partial charge in [0, 0.05) is 58.5 Å². The van der Waals surface area contributed by atoms with Gasteiger partial charge in [-0.3, -0.25) is 4.57 Å². The summed E-state index contributed by atoms with van der Waals surface area (Å²) in [5.74, 6) is 1.84. The molecule has 0 unspecified atom stereocenters. The van der Waals surface area contributed by atoms with E-state index in [9.17, 15) is 0 Å². The fraction of sp³-hybridized carbons (Fsp3) is 0. The Morgan fingerprint density at radius 2 is 0.857 bits per heavy atom. The zero-order valence-corrected chi connectivity index (χ0v) is 34.5. The van der Waals surface area contributed by atoms with Crippen LogP contribution in [0.5, 0.6) is 0 Å². The van der Waals surface area contributed by atoms with Crippen LogP contribution in [0, 0.1) is 0 Å². The summed E-state index contributed by atoms with van der Waals surface area (Å²) >= 11 is 1.80. The van der Waals surface area contributed by atoms with Gasteiger partial charge in [0.05, 0.1) is 22.1 Å². The van der Waals surface area contributed by atoms with Crippen molar-refractivity contribution in [3.8, 4) is 34.4 Å². The molecule has 14 rings (SSSR count). The zero-order chi connectivity index (χ0) is 41.2. The van der Waals surface area contributed by atoms with Crippen molar-refractivity contribution in [1.29, 1.82) is 0 Å². The van der Waals surface area contributed by atoms with Crippen LogP contribution in [0.2, 0.25) is 0 Å². The van der Waals surface area contributed by atoms with Crippen LogP contribution in [0.1, 0.15) is 0 Å². The van der Waals surface area contributed by atoms with Crippen molar-refractivity contribution in [2.75, 3.05) is 0 Å². The summed E-state index contributed by atoms with van der Waals surface area (Å²) < 4.78 is 7.19. The molecular weight excluding hydrogens is 787 g/mol. The lowest BCUT2D eigenvalue weighted by Gasteiger charge is -2.14. The van der Waals surface area contributed by atoms with Crippen molar-refractivity contribution in [3.05, 3.63) is 200 Å². The third-order valence-corrected chi connectivity index (χ3v) is 14.1. The van der Waals surface area contributed by atoms with Crippen LogP contribution in [-0.4, -0.2) is 24.1 Å². The molecule has 0 bridgehead atoms. The number of hydrogen-bond donors (Lipinski definition) is 0. The Morgan fingerprint density at radius 3 is 1.60 bits per heavy atom. The van der Waals surface area contributed by atoms with E-state index in [0.717, 1.165) is 55.0 Å². The fourth-order valence-electron chi connectivity index (χ4n) is 10.2. The first kappa shape index (κ1) is 34.5. The molecule has 4 aromatic heterocycles. The summed E-state index contributed by atoms with van der Waals surface area (Å²) in [7, 11) is 0. The molecule has 0 aliphatic heterocycles. The van der Waals surface area contributed by atoms with Gasteiger partial charge in [0.15, 0.2) is 11.6 Å². The van der Waals surface area contributed by atoms with Crippen molar-refractivity contribution >= 4 is 107 Å². The highest BCUT2D eigenvalue weighted by Crippen LogP contribution is 2.44. The smallest absolute Gasteiger partial charge is 0.238 e. The lowest BCUT2D eigenvalue weighted by Crippen LogP contribution is -2.06. The van der Waals surface area contributed by atoms with Gasteiger partial charge in [-0.15, -0.1) is 11.3 Å². The molecule has 0 fully saturated rings. The van der Waals surface area contributed by atoms with Gasteiger partial charge in [-0.1, -0.05) is 158 Å². The molecular formula is C57H33N5S. The summed E-state index contributed by atoms with van der Waals surface area (Å²) in [5, 5.41) is 14.7. The second-order valence-electron chi connectivity index (χ2n) is 16.3. The molecule has 63 heavy (non-hydrogen) atoms. The molecule has 0 spiro atoms. The number of thiophene rings is 1. The van der Waals surface area contributed by atoms with Crippen LogP contribution >= 0.6 is 11.3 Å². The molecule has 0 atom stereocenters. The largest absolute Gasteiger partial charge is 0.309 e. The highest BCUT2D eigenvalue weighted by molar-refractivity contribution is 7.25. The van der Waals surface area contributed by atoms with E-state index in [2.05, 4.69) is 191 Å². The summed E-state index contributed by atoms with van der Waals surface area (Å²) in [5.41, 5.74) is 7.36. The molecule has 0 saturated heterocycles. The Morgan fingerprint density at radius 1 is 0.317 bits per heavy atom. The average Bonchev–Trinajstić information content (AvgIpc) is 4.01. The number of aromatic nitrogens is 5. The number of rotatable bonds is 4. The Bertz CT molecular complexity index is 4180. The first-order valence-corrected chi connectivity index (χ1v) is 22.1. The Hall–Kier alpha value is -8.19. The summed E-state index contributed by atoms with van der Waals surface area (Å²) in [6.45, 7) is 0. The maximum absolute atomic E-state index is 5.41. The van der Waals surface area contributed by atoms with Gasteiger partial charge in [-0.05, 0) is 74.8 Å². The van der Waals surface area contributed by atoms with E-state index in [1.807, 2.05) is 18.2 Å². The minimum atomic E-state index is 0.579. The average molecular weight is 820 g/mol. The second-order valence-corrected chi connectivity index (χ2v) is 17.4. The standard InChI is InChI=1S/C57H33N5S/c1-2-14-34(15-3-1)55-58-56(35-26-28-44-43-21-10-13-25-51(43)63-52(44)32-35)60-57(59-55)62-48-23-11-8-20-42(48)45-30-31-50-53(54(45)62)46-22-9-12-24-49(46)61(50)36-27-29-41-39-18-5-4-16-37(39)38-17-6-7-19-40(38)47(41)33-36/h1-33H. The van der Waals surface area contributed by atoms with Gasteiger partial charge in [-0.2, -0.15) is 9.97 Å². The maximum Gasteiger partial charge on any atom is 0.238 e. The van der Waals surface area contributed by atoms with Crippen LogP contribution in [-0.2, 0) is 0 Å². The predicted molar refractivity (Wildman–Crippen MR) is 265 cm³/mol. The fourth-order valence-corrected chi connectivity index (χ4v) is 11.3. The van der Waals surface area contributed by atoms with Crippen molar-refractivity contribution in [2.24, 2.45) is 0 Å². The maximum atomic E-state index is 5.41. The van der Waals surface area contributed by atoms with Crippen LogP contribution in [0.4, 0.5) is 0 Å². The third kappa shape index (κ3) is 5.01. The first-order valence-electron chi connectivity index (χ1n) is 21.3. The van der Waals surface area contributed by atoms with Gasteiger partial charge >= 0.3 is 0 Å². The Labute approximate surface area is 364 Å². The monoisotopic (exact) mass is 819 g/mol. The molecule has 0 radical (unpaired) electrons. The lowest BCUT2D eigenvalue weighted by molar-refractivity contribution is 0.955. The number of fused-ring (bicyclic) bond motifs is 16. The number of benzene rings is 10. The predicted octanol–water partition coefficient (Wildman–Crippen LogP) is 15.2. The Balaban J connectivity index is 1.07. The molecule has 0 N–H and O–H groups in total. The number of para-hydroxylation sites is 2. The number of nitrogens with zero attached hydrogens (tertiary/aromatic N) is 5. The van der Waals surface area contributed by atoms with Crippen LogP contribution in [0.25, 0.3) is 131 Å². The SMILES string of the molecule is c1ccc(-c2nc(-c3ccc4c(c3)sc3ccccc34)nc(-n3c4ccccc4c4ccc5c(c6ccccc6n5-c5ccc6c7ccccc7c7ccccc7c6c5)c43)n2)cc1. The van der Waals surface area contributed by atoms with Crippen molar-refractivity contribution in [1.82, 2.24) is 24.1 Å². The molecule has 0 saturated carbocycles. The highest BCUT2D eigenvalue weighted by atomic mass is 32.1. The van der Waals surface area contributed by atoms with E-state index in [1.54, 1.807) is 11.3 Å². The van der Waals surface area contributed by atoms with Crippen LogP contribution in [0.15, 0.2) is 200 Å². The van der Waals surface area contributed by atoms with Crippen molar-refractivity contribution < 1.29 is 0 Å². The van der Waals surface area contributed by atoms with E-state index in [-0.39, 0.29) is 0 Å². The summed E-state index contributed by atoms with van der Waals surface area (Å²) in [4.78, 5) is 15.9. The number of hydrogen-bond acceptors (Lipinski definition) is 4. The zero-order valence-electron chi connectivity index (χ0n) is 33.7. The second kappa shape index (κ2) is 13.2. The normalized spacial score (nSPS) is 12.1. The van der Waals surface area contributed by atoms with E-state index >= 15 is 0 Å². The van der Waals surface area contributed by atoms with Gasteiger partial charge < -0.3 is 4.57 Å². The van der Waals surface area contributed by atoms with Gasteiger partial charge in [0.25, 0.3) is 0 Å². The molecule has 5 nitrogen and oxygen atoms in total. The van der Waals surface area contributed by atoms with E-state index < -0.39 is 0 Å². The van der Waals surface area contributed by atoms with Crippen LogP contribution in [0.3, 0.4) is 0 Å². The van der Waals surface area contributed by atoms with Crippen LogP contribution < -0.4 is 0 Å². The highest BCUT2D eigenvalue weighted by Gasteiger charge is 2.24. The van der Waals surface area contributed by atoms with E-state index in [4.69, 9.17) is 15.0 Å². The minimum Gasteiger partial charge on any atom is -0.309 e. The lowest BCUT2D eigenvalue weighted by atomic mass is 9.94. The molecule has 0 aliphatic carbocycles. The molecule has 0 amide bonds. The molecule has 6 heteroatoms. The minimum absolute atomic E-state index is 0.579. The Kier molecular flexibility index (Phi) is 7.21. The van der Waals surface area contributed by atoms with E-state index in [0.29, 0.717) is 17.6 Å². The van der Waals surface area contributed by atoms with Gasteiger partial charge in [0.1, 0.15) is 0 Å². The molecule has 10 aromatic carbocycles. The molecule has 0 aliphatic rings. The topological polar surface area (TPSA) is 48.5 Å². The van der Waals surface area contributed by atoms with Gasteiger partial charge in [-0.25, -0.2) is 4.98 Å². The van der Waals surface area contributed by atoms with E-state index in [1.165, 1.54) is 57.9 Å². The van der Waals surface area contributed by atoms with Gasteiger partial charge in [0.2, 0.25) is 5.95 Å². The quantitative estimate of drug-likeness (QED) is 0.166. The third-order valence-electron chi connectivity index (χ3n) is 12.9. The van der Waals surface area contributed by atoms with Crippen molar-refractivity contribution in [3.63, 3.8) is 0 Å². The first-order chi connectivity index (χ1) is 31.2. The molecule has 14 aromatic rings. The molecule has 4 heterocycles. The summed E-state index contributed by atoms with van der Waals surface area (Å²) in [6, 6.07) is 72.0. The summed E-state index contributed by atoms with van der Waals surface area (Å²) in [6.07, 6.45) is 0. The van der Waals surface area contributed by atoms with Crippen molar-refractivity contribution in [2.45, 2.75) is 0 Å². The molecule has 292 valence electrons.